The van der Waals surface area contributed by atoms with Crippen molar-refractivity contribution in [3.05, 3.63) is 0 Å². The lowest BCUT2D eigenvalue weighted by atomic mass is 10.3. The Morgan fingerprint density at radius 1 is 1.67 bits per heavy atom. The van der Waals surface area contributed by atoms with E-state index in [1.54, 1.807) is 11.8 Å². The Labute approximate surface area is 58.6 Å². The molecule has 0 saturated heterocycles. The second-order valence-corrected chi connectivity index (χ2v) is 2.72. The van der Waals surface area contributed by atoms with Crippen LogP contribution in [0, 0.1) is 0 Å². The van der Waals surface area contributed by atoms with E-state index in [-0.39, 0.29) is 6.42 Å². The van der Waals surface area contributed by atoms with Gasteiger partial charge in [0.1, 0.15) is 0 Å². The molecule has 0 heterocycles. The van der Waals surface area contributed by atoms with Crippen molar-refractivity contribution in [1.82, 2.24) is 0 Å². The molecular formula is C5H11NO2S. The summed E-state index contributed by atoms with van der Waals surface area (Å²) in [5.74, 6) is 0.704. The Kier molecular flexibility index (Phi) is 5.76. The number of carboxylic acids is 1. The summed E-state index contributed by atoms with van der Waals surface area (Å²) in [7, 11) is 0. The lowest BCUT2D eigenvalue weighted by Gasteiger charge is -1.93. The van der Waals surface area contributed by atoms with Gasteiger partial charge in [0.2, 0.25) is 0 Å². The van der Waals surface area contributed by atoms with E-state index < -0.39 is 5.97 Å². The predicted octanol–water partition coefficient (Wildman–Crippen LogP) is 0.501. The summed E-state index contributed by atoms with van der Waals surface area (Å²) in [5.41, 5.74) is 5.16. The fraction of sp³-hybridized carbons (Fsp3) is 0.800. The SMILES string of the molecule is NCSCCCC(=O)O. The van der Waals surface area contributed by atoms with Crippen molar-refractivity contribution in [3.63, 3.8) is 0 Å². The van der Waals surface area contributed by atoms with Crippen molar-refractivity contribution in [1.29, 1.82) is 0 Å². The molecule has 0 unspecified atom stereocenters. The highest BCUT2D eigenvalue weighted by molar-refractivity contribution is 7.99. The van der Waals surface area contributed by atoms with Gasteiger partial charge in [0.05, 0.1) is 0 Å². The largest absolute Gasteiger partial charge is 0.481 e. The van der Waals surface area contributed by atoms with Crippen LogP contribution in [-0.2, 0) is 4.79 Å². The van der Waals surface area contributed by atoms with Crippen LogP contribution in [-0.4, -0.2) is 22.7 Å². The van der Waals surface area contributed by atoms with Crippen LogP contribution in [0.3, 0.4) is 0 Å². The number of hydrogen-bond donors (Lipinski definition) is 2. The molecule has 0 amide bonds. The molecule has 0 radical (unpaired) electrons. The second kappa shape index (κ2) is 5.91. The van der Waals surface area contributed by atoms with Crippen molar-refractivity contribution < 1.29 is 9.90 Å². The number of hydrogen-bond acceptors (Lipinski definition) is 3. The molecule has 0 aromatic carbocycles. The summed E-state index contributed by atoms with van der Waals surface area (Å²) in [6, 6.07) is 0. The summed E-state index contributed by atoms with van der Waals surface area (Å²) >= 11 is 1.56. The third-order valence-corrected chi connectivity index (χ3v) is 1.61. The highest BCUT2D eigenvalue weighted by atomic mass is 32.2. The topological polar surface area (TPSA) is 63.3 Å². The number of carbonyl (C=O) groups is 1. The van der Waals surface area contributed by atoms with Gasteiger partial charge in [0, 0.05) is 12.3 Å². The van der Waals surface area contributed by atoms with Gasteiger partial charge in [-0.3, -0.25) is 4.79 Å². The summed E-state index contributed by atoms with van der Waals surface area (Å²) < 4.78 is 0. The van der Waals surface area contributed by atoms with Crippen LogP contribution < -0.4 is 5.73 Å². The molecule has 0 aliphatic heterocycles. The van der Waals surface area contributed by atoms with Crippen LogP contribution in [0.4, 0.5) is 0 Å². The van der Waals surface area contributed by atoms with E-state index >= 15 is 0 Å². The van der Waals surface area contributed by atoms with Crippen LogP contribution in [0.2, 0.25) is 0 Å². The summed E-state index contributed by atoms with van der Waals surface area (Å²) in [5, 5.41) is 8.17. The molecule has 3 nitrogen and oxygen atoms in total. The van der Waals surface area contributed by atoms with Crippen molar-refractivity contribution in [2.24, 2.45) is 5.73 Å². The quantitative estimate of drug-likeness (QED) is 0.441. The van der Waals surface area contributed by atoms with E-state index in [4.69, 9.17) is 10.8 Å². The third kappa shape index (κ3) is 7.78. The maximum atomic E-state index is 9.92. The average Bonchev–Trinajstić information content (AvgIpc) is 1.80. The smallest absolute Gasteiger partial charge is 0.303 e. The molecule has 0 spiro atoms. The monoisotopic (exact) mass is 149 g/mol. The highest BCUT2D eigenvalue weighted by Gasteiger charge is 1.94. The fourth-order valence-electron chi connectivity index (χ4n) is 0.409. The zero-order valence-electron chi connectivity index (χ0n) is 5.17. The standard InChI is InChI=1S/C5H11NO2S/c6-4-9-3-1-2-5(7)8/h1-4,6H2,(H,7,8). The van der Waals surface area contributed by atoms with Crippen LogP contribution in [0.15, 0.2) is 0 Å². The Hall–Kier alpha value is -0.220. The Balaban J connectivity index is 2.83. The summed E-state index contributed by atoms with van der Waals surface area (Å²) in [6.07, 6.45) is 0.976. The summed E-state index contributed by atoms with van der Waals surface area (Å²) in [4.78, 5) is 9.92. The van der Waals surface area contributed by atoms with Crippen LogP contribution in [0.5, 0.6) is 0 Å². The molecule has 0 rings (SSSR count). The highest BCUT2D eigenvalue weighted by Crippen LogP contribution is 2.00. The molecule has 0 aromatic rings. The molecular weight excluding hydrogens is 138 g/mol. The minimum absolute atomic E-state index is 0.257. The van der Waals surface area contributed by atoms with Gasteiger partial charge in [-0.05, 0) is 12.2 Å². The second-order valence-electron chi connectivity index (χ2n) is 1.57. The Morgan fingerprint density at radius 2 is 2.33 bits per heavy atom. The molecule has 0 bridgehead atoms. The van der Waals surface area contributed by atoms with Gasteiger partial charge < -0.3 is 10.8 Å². The first kappa shape index (κ1) is 8.78. The van der Waals surface area contributed by atoms with Crippen molar-refractivity contribution in [3.8, 4) is 0 Å². The molecule has 4 heteroatoms. The van der Waals surface area contributed by atoms with Crippen molar-refractivity contribution in [2.45, 2.75) is 12.8 Å². The molecule has 54 valence electrons. The van der Waals surface area contributed by atoms with E-state index in [2.05, 4.69) is 0 Å². The van der Waals surface area contributed by atoms with E-state index in [9.17, 15) is 4.79 Å². The van der Waals surface area contributed by atoms with Gasteiger partial charge in [0.15, 0.2) is 0 Å². The molecule has 9 heavy (non-hydrogen) atoms. The number of thioether (sulfide) groups is 1. The maximum Gasteiger partial charge on any atom is 0.303 e. The van der Waals surface area contributed by atoms with Crippen LogP contribution in [0.25, 0.3) is 0 Å². The van der Waals surface area contributed by atoms with Gasteiger partial charge >= 0.3 is 5.97 Å². The predicted molar refractivity (Wildman–Crippen MR) is 38.4 cm³/mol. The van der Waals surface area contributed by atoms with Crippen LogP contribution >= 0.6 is 11.8 Å². The van der Waals surface area contributed by atoms with Gasteiger partial charge in [0.25, 0.3) is 0 Å². The lowest BCUT2D eigenvalue weighted by Crippen LogP contribution is -1.98. The first-order chi connectivity index (χ1) is 4.27. The van der Waals surface area contributed by atoms with Crippen LogP contribution in [0.1, 0.15) is 12.8 Å². The number of aliphatic carboxylic acids is 1. The number of carboxylic acid groups (broad SMARTS) is 1. The minimum atomic E-state index is -0.729. The zero-order valence-corrected chi connectivity index (χ0v) is 5.99. The number of nitrogens with two attached hydrogens (primary N) is 1. The molecule has 0 aromatic heterocycles. The fourth-order valence-corrected chi connectivity index (χ4v) is 0.924. The Bertz CT molecular complexity index is 87.0. The molecule has 0 saturated carbocycles. The average molecular weight is 149 g/mol. The molecule has 0 aliphatic carbocycles. The first-order valence-electron chi connectivity index (χ1n) is 2.77. The number of rotatable bonds is 5. The van der Waals surface area contributed by atoms with Gasteiger partial charge in [-0.25, -0.2) is 0 Å². The summed E-state index contributed by atoms with van der Waals surface area (Å²) in [6.45, 7) is 0. The van der Waals surface area contributed by atoms with E-state index in [0.717, 1.165) is 12.2 Å². The van der Waals surface area contributed by atoms with Gasteiger partial charge in [-0.15, -0.1) is 11.8 Å². The Morgan fingerprint density at radius 3 is 2.78 bits per heavy atom. The lowest BCUT2D eigenvalue weighted by molar-refractivity contribution is -0.137. The first-order valence-corrected chi connectivity index (χ1v) is 3.92. The molecule has 0 fully saturated rings. The van der Waals surface area contributed by atoms with E-state index in [1.807, 2.05) is 0 Å². The molecule has 0 atom stereocenters. The van der Waals surface area contributed by atoms with Gasteiger partial charge in [-0.2, -0.15) is 0 Å². The molecule has 0 aliphatic rings. The van der Waals surface area contributed by atoms with E-state index in [0.29, 0.717) is 5.88 Å². The zero-order chi connectivity index (χ0) is 7.11. The maximum absolute atomic E-state index is 9.92. The third-order valence-electron chi connectivity index (χ3n) is 0.797. The van der Waals surface area contributed by atoms with Crippen molar-refractivity contribution >= 4 is 17.7 Å². The van der Waals surface area contributed by atoms with E-state index in [1.165, 1.54) is 0 Å². The van der Waals surface area contributed by atoms with Crippen molar-refractivity contribution in [2.75, 3.05) is 11.6 Å². The normalized spacial score (nSPS) is 9.44. The molecule has 3 N–H and O–H groups in total. The van der Waals surface area contributed by atoms with Gasteiger partial charge in [-0.1, -0.05) is 0 Å². The minimum Gasteiger partial charge on any atom is -0.481 e.